The van der Waals surface area contributed by atoms with Gasteiger partial charge in [0.1, 0.15) is 0 Å². The van der Waals surface area contributed by atoms with Crippen LogP contribution in [-0.4, -0.2) is 41.9 Å². The minimum atomic E-state index is -0.803. The minimum Gasteiger partial charge on any atom is -0.452 e. The lowest BCUT2D eigenvalue weighted by Gasteiger charge is -2.15. The van der Waals surface area contributed by atoms with Crippen LogP contribution in [0.2, 0.25) is 0 Å². The third-order valence-corrected chi connectivity index (χ3v) is 3.03. The second-order valence-electron chi connectivity index (χ2n) is 4.51. The molecule has 8 heteroatoms. The van der Waals surface area contributed by atoms with Crippen molar-refractivity contribution >= 4 is 17.6 Å². The molecule has 1 rings (SSSR count). The number of carbonyl (C=O) groups excluding carboxylic acids is 2. The minimum absolute atomic E-state index is 0.0432. The van der Waals surface area contributed by atoms with E-state index >= 15 is 0 Å². The summed E-state index contributed by atoms with van der Waals surface area (Å²) in [6, 6.07) is 5.96. The fourth-order valence-electron chi connectivity index (χ4n) is 1.70. The van der Waals surface area contributed by atoms with Crippen molar-refractivity contribution in [2.24, 2.45) is 0 Å². The maximum absolute atomic E-state index is 11.9. The zero-order valence-corrected chi connectivity index (χ0v) is 12.2. The Morgan fingerprint density at radius 1 is 1.45 bits per heavy atom. The second-order valence-corrected chi connectivity index (χ2v) is 4.51. The molecule has 0 saturated heterocycles. The van der Waals surface area contributed by atoms with Crippen LogP contribution in [0.1, 0.15) is 22.3 Å². The highest BCUT2D eigenvalue weighted by Crippen LogP contribution is 2.21. The molecule has 0 aliphatic carbocycles. The van der Waals surface area contributed by atoms with Gasteiger partial charge in [0.25, 0.3) is 11.6 Å². The highest BCUT2D eigenvalue weighted by atomic mass is 16.6. The van der Waals surface area contributed by atoms with E-state index in [1.165, 1.54) is 37.1 Å². The first-order valence-corrected chi connectivity index (χ1v) is 6.40. The van der Waals surface area contributed by atoms with E-state index in [0.717, 1.165) is 0 Å². The topological polar surface area (TPSA) is 114 Å². The van der Waals surface area contributed by atoms with Gasteiger partial charge in [-0.25, -0.2) is 4.79 Å². The summed E-state index contributed by atoms with van der Waals surface area (Å²) in [4.78, 5) is 35.1. The van der Waals surface area contributed by atoms with E-state index in [0.29, 0.717) is 0 Å². The molecular formula is C14H15N3O5. The molecule has 1 aromatic rings. The number of hydrogen-bond donors (Lipinski definition) is 0. The Kier molecular flexibility index (Phi) is 6.01. The Bertz CT molecular complexity index is 636. The fourth-order valence-corrected chi connectivity index (χ4v) is 1.70. The van der Waals surface area contributed by atoms with Gasteiger partial charge in [0.15, 0.2) is 6.61 Å². The van der Waals surface area contributed by atoms with Crippen molar-refractivity contribution in [2.75, 3.05) is 20.2 Å². The molecule has 116 valence electrons. The predicted octanol–water partition coefficient (Wildman–Crippen LogP) is 1.43. The van der Waals surface area contributed by atoms with Crippen LogP contribution in [0, 0.1) is 28.4 Å². The van der Waals surface area contributed by atoms with E-state index in [2.05, 4.69) is 0 Å². The Hall–Kier alpha value is -2.95. The lowest BCUT2D eigenvalue weighted by molar-refractivity contribution is -0.385. The molecule has 0 radical (unpaired) electrons. The molecule has 0 bridgehead atoms. The van der Waals surface area contributed by atoms with Gasteiger partial charge in [0.2, 0.25) is 0 Å². The molecular weight excluding hydrogens is 290 g/mol. The number of likely N-dealkylation sites (N-methyl/N-ethyl adjacent to an activating group) is 1. The van der Waals surface area contributed by atoms with Gasteiger partial charge in [-0.15, -0.1) is 0 Å². The van der Waals surface area contributed by atoms with Crippen LogP contribution in [-0.2, 0) is 9.53 Å². The van der Waals surface area contributed by atoms with E-state index in [4.69, 9.17) is 10.00 Å². The van der Waals surface area contributed by atoms with Gasteiger partial charge >= 0.3 is 5.97 Å². The van der Waals surface area contributed by atoms with Crippen LogP contribution in [0.25, 0.3) is 0 Å². The molecule has 0 atom stereocenters. The molecule has 0 fully saturated rings. The zero-order chi connectivity index (χ0) is 16.7. The first-order chi connectivity index (χ1) is 10.4. The molecule has 0 N–H and O–H groups in total. The number of amides is 1. The summed E-state index contributed by atoms with van der Waals surface area (Å²) in [6.45, 7) is 1.20. The number of carbonyl (C=O) groups is 2. The first-order valence-electron chi connectivity index (χ1n) is 6.40. The summed E-state index contributed by atoms with van der Waals surface area (Å²) in [5.41, 5.74) is 0.0383. The summed E-state index contributed by atoms with van der Waals surface area (Å²) < 4.78 is 4.87. The quantitative estimate of drug-likeness (QED) is 0.446. The van der Waals surface area contributed by atoms with Crippen LogP contribution in [0.5, 0.6) is 0 Å². The maximum Gasteiger partial charge on any atom is 0.339 e. The molecule has 0 unspecified atom stereocenters. The standard InChI is InChI=1S/C14H15N3O5/c1-10-11(5-3-6-12(10)17(20)21)14(19)22-9-13(18)16(2)8-4-7-15/h3,5-6H,4,8-9H2,1-2H3. The Balaban J connectivity index is 2.71. The number of benzene rings is 1. The number of nitrogens with zero attached hydrogens (tertiary/aromatic N) is 3. The van der Waals surface area contributed by atoms with Gasteiger partial charge in [-0.3, -0.25) is 14.9 Å². The van der Waals surface area contributed by atoms with Crippen molar-refractivity contribution < 1.29 is 19.2 Å². The number of hydrogen-bond acceptors (Lipinski definition) is 6. The molecule has 0 spiro atoms. The second kappa shape index (κ2) is 7.73. The van der Waals surface area contributed by atoms with Gasteiger partial charge in [0.05, 0.1) is 23.0 Å². The zero-order valence-electron chi connectivity index (χ0n) is 12.2. The first kappa shape index (κ1) is 17.1. The lowest BCUT2D eigenvalue weighted by atomic mass is 10.1. The number of nitro groups is 1. The van der Waals surface area contributed by atoms with Gasteiger partial charge in [-0.05, 0) is 13.0 Å². The van der Waals surface area contributed by atoms with Crippen LogP contribution in [0.3, 0.4) is 0 Å². The molecule has 0 aliphatic rings. The molecule has 0 heterocycles. The molecule has 1 aromatic carbocycles. The summed E-state index contributed by atoms with van der Waals surface area (Å²) in [6.07, 6.45) is 0.181. The van der Waals surface area contributed by atoms with E-state index < -0.39 is 23.4 Å². The van der Waals surface area contributed by atoms with Gasteiger partial charge < -0.3 is 9.64 Å². The van der Waals surface area contributed by atoms with E-state index in [1.54, 1.807) is 0 Å². The Morgan fingerprint density at radius 2 is 2.14 bits per heavy atom. The number of nitro benzene ring substituents is 1. The van der Waals surface area contributed by atoms with Crippen LogP contribution in [0.4, 0.5) is 5.69 Å². The number of esters is 1. The number of ether oxygens (including phenoxy) is 1. The number of rotatable bonds is 6. The van der Waals surface area contributed by atoms with Crippen molar-refractivity contribution in [2.45, 2.75) is 13.3 Å². The van der Waals surface area contributed by atoms with Crippen molar-refractivity contribution in [3.8, 4) is 6.07 Å². The third kappa shape index (κ3) is 4.28. The highest BCUT2D eigenvalue weighted by molar-refractivity contribution is 5.93. The summed E-state index contributed by atoms with van der Waals surface area (Å²) in [7, 11) is 1.49. The third-order valence-electron chi connectivity index (χ3n) is 3.03. The smallest absolute Gasteiger partial charge is 0.339 e. The lowest BCUT2D eigenvalue weighted by Crippen LogP contribution is -2.32. The van der Waals surface area contributed by atoms with Crippen LogP contribution in [0.15, 0.2) is 18.2 Å². The van der Waals surface area contributed by atoms with Crippen molar-refractivity contribution in [3.05, 3.63) is 39.4 Å². The molecule has 1 amide bonds. The molecule has 0 saturated carbocycles. The van der Waals surface area contributed by atoms with Crippen molar-refractivity contribution in [1.82, 2.24) is 4.90 Å². The van der Waals surface area contributed by atoms with E-state index in [-0.39, 0.29) is 29.8 Å². The average Bonchev–Trinajstić information content (AvgIpc) is 2.49. The molecule has 0 aromatic heterocycles. The summed E-state index contributed by atoms with van der Waals surface area (Å²) in [5.74, 6) is -1.25. The maximum atomic E-state index is 11.9. The largest absolute Gasteiger partial charge is 0.452 e. The van der Waals surface area contributed by atoms with E-state index in [1.807, 2.05) is 6.07 Å². The summed E-state index contributed by atoms with van der Waals surface area (Å²) in [5, 5.41) is 19.3. The normalized spacial score (nSPS) is 9.68. The van der Waals surface area contributed by atoms with Gasteiger partial charge in [-0.2, -0.15) is 5.26 Å². The average molecular weight is 305 g/mol. The van der Waals surface area contributed by atoms with E-state index in [9.17, 15) is 19.7 Å². The Labute approximate surface area is 127 Å². The fraction of sp³-hybridized carbons (Fsp3) is 0.357. The van der Waals surface area contributed by atoms with Crippen molar-refractivity contribution in [1.29, 1.82) is 5.26 Å². The SMILES string of the molecule is Cc1c(C(=O)OCC(=O)N(C)CCC#N)cccc1[N+](=O)[O-]. The molecule has 0 aliphatic heterocycles. The monoisotopic (exact) mass is 305 g/mol. The molecule has 22 heavy (non-hydrogen) atoms. The predicted molar refractivity (Wildman–Crippen MR) is 76.0 cm³/mol. The highest BCUT2D eigenvalue weighted by Gasteiger charge is 2.20. The van der Waals surface area contributed by atoms with Gasteiger partial charge in [-0.1, -0.05) is 6.07 Å². The van der Waals surface area contributed by atoms with Gasteiger partial charge in [0, 0.05) is 25.2 Å². The van der Waals surface area contributed by atoms with Crippen LogP contribution < -0.4 is 0 Å². The Morgan fingerprint density at radius 3 is 2.73 bits per heavy atom. The molecule has 8 nitrogen and oxygen atoms in total. The van der Waals surface area contributed by atoms with Crippen molar-refractivity contribution in [3.63, 3.8) is 0 Å². The van der Waals surface area contributed by atoms with Crippen LogP contribution >= 0.6 is 0 Å². The summed E-state index contributed by atoms with van der Waals surface area (Å²) >= 11 is 0. The number of nitriles is 1.